The summed E-state index contributed by atoms with van der Waals surface area (Å²) in [5, 5.41) is 3.03. The first-order chi connectivity index (χ1) is 8.63. The van der Waals surface area contributed by atoms with Crippen LogP contribution in [0.3, 0.4) is 0 Å². The van der Waals surface area contributed by atoms with Crippen LogP contribution in [0.2, 0.25) is 4.47 Å². The topological polar surface area (TPSA) is 42.0 Å². The summed E-state index contributed by atoms with van der Waals surface area (Å²) in [6.45, 7) is 2.06. The predicted molar refractivity (Wildman–Crippen MR) is 74.3 cm³/mol. The van der Waals surface area contributed by atoms with Crippen LogP contribution in [0.4, 0.5) is 0 Å². The van der Waals surface area contributed by atoms with Crippen molar-refractivity contribution in [2.45, 2.75) is 25.8 Å². The molecule has 1 atom stereocenters. The average Bonchev–Trinajstić information content (AvgIpc) is 3.10. The summed E-state index contributed by atoms with van der Waals surface area (Å²) in [7, 11) is 0. The molecule has 2 aromatic rings. The Morgan fingerprint density at radius 3 is 3.06 bits per heavy atom. The number of fused-ring (bicyclic) bond motifs is 1. The van der Waals surface area contributed by atoms with E-state index in [0.29, 0.717) is 15.9 Å². The number of rotatable bonds is 3. The lowest BCUT2D eigenvalue weighted by molar-refractivity contribution is 0.0936. The molecule has 1 aromatic carbocycles. The molecule has 1 heterocycles. The van der Waals surface area contributed by atoms with Gasteiger partial charge in [0.05, 0.1) is 10.2 Å². The molecule has 0 spiro atoms. The van der Waals surface area contributed by atoms with Gasteiger partial charge in [0.2, 0.25) is 0 Å². The maximum Gasteiger partial charge on any atom is 0.251 e. The lowest BCUT2D eigenvalue weighted by Crippen LogP contribution is -2.33. The van der Waals surface area contributed by atoms with E-state index in [1.165, 1.54) is 24.2 Å². The summed E-state index contributed by atoms with van der Waals surface area (Å²) in [5.41, 5.74) is 1.44. The predicted octanol–water partition coefficient (Wildman–Crippen LogP) is 3.48. The van der Waals surface area contributed by atoms with Gasteiger partial charge < -0.3 is 5.32 Å². The van der Waals surface area contributed by atoms with E-state index in [1.807, 2.05) is 12.1 Å². The normalized spacial score (nSPS) is 16.8. The zero-order chi connectivity index (χ0) is 12.7. The maximum atomic E-state index is 12.1. The Labute approximate surface area is 114 Å². The highest BCUT2D eigenvalue weighted by atomic mass is 35.5. The van der Waals surface area contributed by atoms with Crippen LogP contribution in [0, 0.1) is 5.92 Å². The fourth-order valence-corrected chi connectivity index (χ4v) is 3.06. The Balaban J connectivity index is 1.81. The van der Waals surface area contributed by atoms with Gasteiger partial charge in [0.15, 0.2) is 4.47 Å². The van der Waals surface area contributed by atoms with Crippen LogP contribution in [-0.2, 0) is 0 Å². The van der Waals surface area contributed by atoms with Crippen molar-refractivity contribution < 1.29 is 4.79 Å². The molecule has 1 aliphatic carbocycles. The second-order valence-corrected chi connectivity index (χ2v) is 6.36. The highest BCUT2D eigenvalue weighted by molar-refractivity contribution is 7.22. The molecule has 1 amide bonds. The molecule has 18 heavy (non-hydrogen) atoms. The molecule has 5 heteroatoms. The van der Waals surface area contributed by atoms with Gasteiger partial charge in [-0.25, -0.2) is 4.98 Å². The number of halogens is 1. The Kier molecular flexibility index (Phi) is 2.99. The zero-order valence-corrected chi connectivity index (χ0v) is 11.5. The van der Waals surface area contributed by atoms with Crippen LogP contribution in [0.25, 0.3) is 10.2 Å². The molecule has 1 aliphatic rings. The molecule has 1 saturated carbocycles. The van der Waals surface area contributed by atoms with E-state index >= 15 is 0 Å². The maximum absolute atomic E-state index is 12.1. The second-order valence-electron chi connectivity index (χ2n) is 4.75. The van der Waals surface area contributed by atoms with Crippen LogP contribution < -0.4 is 5.32 Å². The van der Waals surface area contributed by atoms with E-state index < -0.39 is 0 Å². The number of aromatic nitrogens is 1. The van der Waals surface area contributed by atoms with Crippen molar-refractivity contribution in [2.24, 2.45) is 5.92 Å². The Bertz CT molecular complexity index is 606. The monoisotopic (exact) mass is 280 g/mol. The molecular formula is C13H13ClN2OS. The molecular weight excluding hydrogens is 268 g/mol. The van der Waals surface area contributed by atoms with Crippen LogP contribution in [0.1, 0.15) is 30.1 Å². The number of nitrogens with zero attached hydrogens (tertiary/aromatic N) is 1. The van der Waals surface area contributed by atoms with Gasteiger partial charge in [0.1, 0.15) is 0 Å². The molecule has 0 saturated heterocycles. The average molecular weight is 281 g/mol. The SMILES string of the molecule is CC(NC(=O)c1ccc2sc(Cl)nc2c1)C1CC1. The first-order valence-electron chi connectivity index (χ1n) is 6.00. The fraction of sp³-hybridized carbons (Fsp3) is 0.385. The fourth-order valence-electron chi connectivity index (χ4n) is 2.04. The highest BCUT2D eigenvalue weighted by Gasteiger charge is 2.29. The molecule has 3 nitrogen and oxygen atoms in total. The third-order valence-corrected chi connectivity index (χ3v) is 4.45. The van der Waals surface area contributed by atoms with Crippen molar-refractivity contribution in [1.82, 2.24) is 10.3 Å². The standard InChI is InChI=1S/C13H13ClN2OS/c1-7(8-2-3-8)15-12(17)9-4-5-11-10(6-9)16-13(14)18-11/h4-8H,2-3H2,1H3,(H,15,17). The van der Waals surface area contributed by atoms with Gasteiger partial charge in [-0.15, -0.1) is 11.3 Å². The first kappa shape index (κ1) is 11.9. The van der Waals surface area contributed by atoms with Crippen molar-refractivity contribution in [3.8, 4) is 0 Å². The van der Waals surface area contributed by atoms with Crippen molar-refractivity contribution in [1.29, 1.82) is 0 Å². The summed E-state index contributed by atoms with van der Waals surface area (Å²) in [5.74, 6) is 0.631. The summed E-state index contributed by atoms with van der Waals surface area (Å²) < 4.78 is 1.51. The third kappa shape index (κ3) is 2.35. The summed E-state index contributed by atoms with van der Waals surface area (Å²) >= 11 is 7.28. The zero-order valence-electron chi connectivity index (χ0n) is 9.94. The molecule has 1 aromatic heterocycles. The quantitative estimate of drug-likeness (QED) is 0.935. The van der Waals surface area contributed by atoms with Gasteiger partial charge in [0, 0.05) is 11.6 Å². The molecule has 0 radical (unpaired) electrons. The first-order valence-corrected chi connectivity index (χ1v) is 7.20. The Hall–Kier alpha value is -1.13. The number of carbonyl (C=O) groups is 1. The number of thiazole rings is 1. The number of benzene rings is 1. The molecule has 3 rings (SSSR count). The van der Waals surface area contributed by atoms with Crippen molar-refractivity contribution in [3.63, 3.8) is 0 Å². The van der Waals surface area contributed by atoms with Crippen molar-refractivity contribution in [2.75, 3.05) is 0 Å². The van der Waals surface area contributed by atoms with E-state index in [1.54, 1.807) is 6.07 Å². The number of hydrogen-bond donors (Lipinski definition) is 1. The van der Waals surface area contributed by atoms with Crippen LogP contribution in [0.15, 0.2) is 18.2 Å². The highest BCUT2D eigenvalue weighted by Crippen LogP contribution is 2.32. The molecule has 0 bridgehead atoms. The van der Waals surface area contributed by atoms with E-state index in [-0.39, 0.29) is 11.9 Å². The summed E-state index contributed by atoms with van der Waals surface area (Å²) in [6, 6.07) is 5.78. The minimum absolute atomic E-state index is 0.0274. The molecule has 1 fully saturated rings. The molecule has 0 aliphatic heterocycles. The van der Waals surface area contributed by atoms with Gasteiger partial charge in [0.25, 0.3) is 5.91 Å². The minimum atomic E-state index is -0.0274. The van der Waals surface area contributed by atoms with E-state index in [0.717, 1.165) is 10.2 Å². The largest absolute Gasteiger partial charge is 0.349 e. The minimum Gasteiger partial charge on any atom is -0.349 e. The van der Waals surface area contributed by atoms with E-state index in [4.69, 9.17) is 11.6 Å². The lowest BCUT2D eigenvalue weighted by atomic mass is 10.1. The van der Waals surface area contributed by atoms with Gasteiger partial charge in [-0.05, 0) is 43.9 Å². The van der Waals surface area contributed by atoms with Crippen LogP contribution in [-0.4, -0.2) is 16.9 Å². The number of carbonyl (C=O) groups excluding carboxylic acids is 1. The Morgan fingerprint density at radius 1 is 1.56 bits per heavy atom. The van der Waals surface area contributed by atoms with Crippen LogP contribution >= 0.6 is 22.9 Å². The molecule has 1 unspecified atom stereocenters. The van der Waals surface area contributed by atoms with Gasteiger partial charge >= 0.3 is 0 Å². The second kappa shape index (κ2) is 4.52. The number of nitrogens with one attached hydrogen (secondary N) is 1. The summed E-state index contributed by atoms with van der Waals surface area (Å²) in [6.07, 6.45) is 2.45. The van der Waals surface area contributed by atoms with Crippen LogP contribution in [0.5, 0.6) is 0 Å². The Morgan fingerprint density at radius 2 is 2.33 bits per heavy atom. The smallest absolute Gasteiger partial charge is 0.251 e. The third-order valence-electron chi connectivity index (χ3n) is 3.31. The van der Waals surface area contributed by atoms with Gasteiger partial charge in [-0.2, -0.15) is 0 Å². The molecule has 1 N–H and O–H groups in total. The number of hydrogen-bond acceptors (Lipinski definition) is 3. The number of amides is 1. The lowest BCUT2D eigenvalue weighted by Gasteiger charge is -2.12. The van der Waals surface area contributed by atoms with E-state index in [2.05, 4.69) is 17.2 Å². The van der Waals surface area contributed by atoms with E-state index in [9.17, 15) is 4.79 Å². The summed E-state index contributed by atoms with van der Waals surface area (Å²) in [4.78, 5) is 16.3. The van der Waals surface area contributed by atoms with Crippen molar-refractivity contribution in [3.05, 3.63) is 28.2 Å². The van der Waals surface area contributed by atoms with Crippen molar-refractivity contribution >= 4 is 39.1 Å². The molecule has 94 valence electrons. The van der Waals surface area contributed by atoms with Gasteiger partial charge in [-0.3, -0.25) is 4.79 Å². The van der Waals surface area contributed by atoms with Gasteiger partial charge in [-0.1, -0.05) is 11.6 Å².